The summed E-state index contributed by atoms with van der Waals surface area (Å²) in [5, 5.41) is 31.5. The van der Waals surface area contributed by atoms with Crippen LogP contribution in [0.4, 0.5) is 0 Å². The Bertz CT molecular complexity index is 783. The van der Waals surface area contributed by atoms with Crippen LogP contribution in [0.15, 0.2) is 42.5 Å². The Labute approximate surface area is 174 Å². The van der Waals surface area contributed by atoms with Crippen LogP contribution in [0.5, 0.6) is 5.75 Å². The van der Waals surface area contributed by atoms with Crippen LogP contribution in [0.1, 0.15) is 29.7 Å². The van der Waals surface area contributed by atoms with Gasteiger partial charge in [-0.05, 0) is 60.6 Å². The largest absolute Gasteiger partial charge is 0.494 e. The summed E-state index contributed by atoms with van der Waals surface area (Å²) in [5.74, 6) is 0.809. The third-order valence-electron chi connectivity index (χ3n) is 4.84. The van der Waals surface area contributed by atoms with E-state index in [0.29, 0.717) is 18.1 Å². The highest BCUT2D eigenvalue weighted by Crippen LogP contribution is 2.38. The Hall–Kier alpha value is -1.28. The number of aliphatic hydroxyl groups is 3. The first-order valence-corrected chi connectivity index (χ1v) is 10.8. The van der Waals surface area contributed by atoms with Gasteiger partial charge in [0.15, 0.2) is 0 Å². The number of rotatable bonds is 6. The standard InChI is InChI=1S/C21H25ClO5S/c1-3-26-15-7-4-12(5-8-15)10-13-11-14(22)6-9-16(13)20-18(24)17(23)19(25)21(27-20)28-2/h4-9,11,17-21,23-25H,3,10H2,1-2H3/t17-,18-,19+,20+,21-/m1/s1. The monoisotopic (exact) mass is 424 g/mol. The van der Waals surface area contributed by atoms with Gasteiger partial charge in [0.2, 0.25) is 0 Å². The van der Waals surface area contributed by atoms with Crippen molar-refractivity contribution in [1.29, 1.82) is 0 Å². The smallest absolute Gasteiger partial charge is 0.132 e. The van der Waals surface area contributed by atoms with E-state index in [4.69, 9.17) is 21.1 Å². The van der Waals surface area contributed by atoms with Gasteiger partial charge in [-0.1, -0.05) is 29.8 Å². The Morgan fingerprint density at radius 1 is 1.04 bits per heavy atom. The molecule has 0 amide bonds. The van der Waals surface area contributed by atoms with Crippen LogP contribution in [0.3, 0.4) is 0 Å². The molecule has 152 valence electrons. The fourth-order valence-electron chi connectivity index (χ4n) is 3.39. The summed E-state index contributed by atoms with van der Waals surface area (Å²) in [6.45, 7) is 2.55. The number of benzene rings is 2. The van der Waals surface area contributed by atoms with Crippen LogP contribution in [0, 0.1) is 0 Å². The van der Waals surface area contributed by atoms with E-state index >= 15 is 0 Å². The molecule has 5 atom stereocenters. The highest BCUT2D eigenvalue weighted by Gasteiger charge is 2.44. The first kappa shape index (κ1) is 21.4. The van der Waals surface area contributed by atoms with Crippen molar-refractivity contribution in [1.82, 2.24) is 0 Å². The van der Waals surface area contributed by atoms with Crippen LogP contribution < -0.4 is 4.74 Å². The summed E-state index contributed by atoms with van der Waals surface area (Å²) in [7, 11) is 0. The number of hydrogen-bond acceptors (Lipinski definition) is 6. The van der Waals surface area contributed by atoms with Gasteiger partial charge in [-0.3, -0.25) is 0 Å². The van der Waals surface area contributed by atoms with Crippen molar-refractivity contribution in [3.05, 3.63) is 64.2 Å². The minimum absolute atomic E-state index is 0.581. The number of halogens is 1. The van der Waals surface area contributed by atoms with Gasteiger partial charge in [0.05, 0.1) is 6.61 Å². The Kier molecular flexibility index (Phi) is 7.25. The third-order valence-corrected chi connectivity index (χ3v) is 5.93. The van der Waals surface area contributed by atoms with Gasteiger partial charge >= 0.3 is 0 Å². The Balaban J connectivity index is 1.90. The zero-order valence-electron chi connectivity index (χ0n) is 15.8. The fourth-order valence-corrected chi connectivity index (χ4v) is 4.26. The van der Waals surface area contributed by atoms with Crippen molar-refractivity contribution in [2.75, 3.05) is 12.9 Å². The zero-order chi connectivity index (χ0) is 20.3. The molecule has 3 rings (SSSR count). The van der Waals surface area contributed by atoms with E-state index in [1.165, 1.54) is 11.8 Å². The van der Waals surface area contributed by atoms with Crippen molar-refractivity contribution in [2.45, 2.75) is 43.2 Å². The second kappa shape index (κ2) is 9.48. The van der Waals surface area contributed by atoms with Crippen LogP contribution >= 0.6 is 23.4 Å². The van der Waals surface area contributed by atoms with Gasteiger partial charge in [-0.2, -0.15) is 0 Å². The molecule has 0 saturated carbocycles. The lowest BCUT2D eigenvalue weighted by Crippen LogP contribution is -2.53. The number of hydrogen-bond donors (Lipinski definition) is 3. The molecule has 1 saturated heterocycles. The zero-order valence-corrected chi connectivity index (χ0v) is 17.4. The SMILES string of the molecule is CCOc1ccc(Cc2cc(Cl)ccc2[C@@H]2O[C@H](SC)[C@@H](O)[C@H](O)[C@H]2O)cc1. The van der Waals surface area contributed by atoms with E-state index in [0.717, 1.165) is 22.4 Å². The lowest BCUT2D eigenvalue weighted by molar-refractivity contribution is -0.200. The minimum atomic E-state index is -1.29. The molecule has 7 heteroatoms. The fraction of sp³-hybridized carbons (Fsp3) is 0.429. The lowest BCUT2D eigenvalue weighted by atomic mass is 9.89. The molecule has 3 N–H and O–H groups in total. The normalized spacial score (nSPS) is 27.6. The Morgan fingerprint density at radius 3 is 2.39 bits per heavy atom. The molecule has 0 radical (unpaired) electrons. The molecule has 0 bridgehead atoms. The van der Waals surface area contributed by atoms with E-state index < -0.39 is 29.9 Å². The summed E-state index contributed by atoms with van der Waals surface area (Å²) < 4.78 is 11.4. The molecule has 2 aromatic carbocycles. The molecule has 1 aliphatic heterocycles. The van der Waals surface area contributed by atoms with Gasteiger partial charge in [-0.25, -0.2) is 0 Å². The van der Waals surface area contributed by atoms with E-state index in [1.807, 2.05) is 43.3 Å². The minimum Gasteiger partial charge on any atom is -0.494 e. The molecule has 2 aromatic rings. The molecular formula is C21H25ClO5S. The number of thioether (sulfide) groups is 1. The second-order valence-corrected chi connectivity index (χ2v) is 8.10. The predicted octanol–water partition coefficient (Wildman–Crippen LogP) is 3.17. The first-order chi connectivity index (χ1) is 13.4. The van der Waals surface area contributed by atoms with Gasteiger partial charge in [0.1, 0.15) is 35.6 Å². The predicted molar refractivity (Wildman–Crippen MR) is 111 cm³/mol. The molecule has 28 heavy (non-hydrogen) atoms. The molecular weight excluding hydrogens is 400 g/mol. The molecule has 0 aromatic heterocycles. The van der Waals surface area contributed by atoms with E-state index in [9.17, 15) is 15.3 Å². The summed E-state index contributed by atoms with van der Waals surface area (Å²) in [4.78, 5) is 0. The van der Waals surface area contributed by atoms with Crippen molar-refractivity contribution in [3.8, 4) is 5.75 Å². The molecule has 1 aliphatic rings. The Morgan fingerprint density at radius 2 is 1.75 bits per heavy atom. The van der Waals surface area contributed by atoms with Crippen LogP contribution in [0.2, 0.25) is 5.02 Å². The summed E-state index contributed by atoms with van der Waals surface area (Å²) in [6, 6.07) is 13.2. The third kappa shape index (κ3) is 4.64. The summed E-state index contributed by atoms with van der Waals surface area (Å²) in [5.41, 5.74) is 2.07. The molecule has 0 aliphatic carbocycles. The van der Waals surface area contributed by atoms with Gasteiger partial charge < -0.3 is 24.8 Å². The number of aliphatic hydroxyl groups excluding tert-OH is 3. The van der Waals surface area contributed by atoms with Crippen molar-refractivity contribution in [2.24, 2.45) is 0 Å². The second-order valence-electron chi connectivity index (χ2n) is 6.73. The van der Waals surface area contributed by atoms with Gasteiger partial charge in [0.25, 0.3) is 0 Å². The van der Waals surface area contributed by atoms with Crippen molar-refractivity contribution in [3.63, 3.8) is 0 Å². The topological polar surface area (TPSA) is 79.2 Å². The summed E-state index contributed by atoms with van der Waals surface area (Å²) in [6.07, 6.45) is -2.06. The highest BCUT2D eigenvalue weighted by atomic mass is 35.5. The van der Waals surface area contributed by atoms with E-state index in [2.05, 4.69) is 0 Å². The first-order valence-electron chi connectivity index (χ1n) is 9.17. The highest BCUT2D eigenvalue weighted by molar-refractivity contribution is 7.99. The average molecular weight is 425 g/mol. The van der Waals surface area contributed by atoms with Crippen molar-refractivity contribution < 1.29 is 24.8 Å². The molecule has 1 fully saturated rings. The van der Waals surface area contributed by atoms with Gasteiger partial charge in [-0.15, -0.1) is 11.8 Å². The van der Waals surface area contributed by atoms with Crippen LogP contribution in [-0.2, 0) is 11.2 Å². The van der Waals surface area contributed by atoms with E-state index in [-0.39, 0.29) is 0 Å². The maximum absolute atomic E-state index is 10.5. The van der Waals surface area contributed by atoms with E-state index in [1.54, 1.807) is 12.3 Å². The maximum atomic E-state index is 10.5. The quantitative estimate of drug-likeness (QED) is 0.661. The molecule has 1 heterocycles. The maximum Gasteiger partial charge on any atom is 0.132 e. The average Bonchev–Trinajstić information content (AvgIpc) is 2.69. The van der Waals surface area contributed by atoms with Crippen LogP contribution in [-0.4, -0.2) is 51.9 Å². The van der Waals surface area contributed by atoms with Crippen LogP contribution in [0.25, 0.3) is 0 Å². The lowest BCUT2D eigenvalue weighted by Gasteiger charge is -2.40. The number of ether oxygens (including phenoxy) is 2. The molecule has 5 nitrogen and oxygen atoms in total. The van der Waals surface area contributed by atoms with Gasteiger partial charge in [0, 0.05) is 5.02 Å². The molecule has 0 spiro atoms. The van der Waals surface area contributed by atoms with Crippen molar-refractivity contribution >= 4 is 23.4 Å². The summed E-state index contributed by atoms with van der Waals surface area (Å²) >= 11 is 7.51. The molecule has 0 unspecified atom stereocenters.